The third-order valence-electron chi connectivity index (χ3n) is 8.64. The smallest absolute Gasteiger partial charge is 0.272 e. The van der Waals surface area contributed by atoms with Crippen LogP contribution in [0.2, 0.25) is 5.02 Å². The first kappa shape index (κ1) is 27.7. The molecule has 2 saturated heterocycles. The van der Waals surface area contributed by atoms with Gasteiger partial charge in [-0.25, -0.2) is 0 Å². The molecule has 2 aromatic rings. The SMILES string of the molecule is N#Cc1ccc(O[C@H]2CC[C@H](NC(=O)c3ccc(N4CCC(CCC5CCNCC5)CC4)nn3)CC2)cc1Cl. The predicted molar refractivity (Wildman–Crippen MR) is 152 cm³/mol. The lowest BCUT2D eigenvalue weighted by molar-refractivity contribution is 0.0888. The number of carbonyl (C=O) groups excluding carboxylic acids is 1. The molecule has 39 heavy (non-hydrogen) atoms. The Bertz CT molecular complexity index is 1130. The summed E-state index contributed by atoms with van der Waals surface area (Å²) >= 11 is 6.12. The molecule has 1 aromatic carbocycles. The molecular formula is C30H39ClN6O2. The number of ether oxygens (including phenoxy) is 1. The zero-order valence-electron chi connectivity index (χ0n) is 22.6. The van der Waals surface area contributed by atoms with Crippen molar-refractivity contribution in [3.05, 3.63) is 46.6 Å². The van der Waals surface area contributed by atoms with Gasteiger partial charge < -0.3 is 20.3 Å². The van der Waals surface area contributed by atoms with Crippen molar-refractivity contribution in [2.75, 3.05) is 31.1 Å². The normalized spacial score (nSPS) is 22.7. The average molecular weight is 551 g/mol. The van der Waals surface area contributed by atoms with Crippen molar-refractivity contribution >= 4 is 23.3 Å². The number of amides is 1. The van der Waals surface area contributed by atoms with Crippen LogP contribution in [0.4, 0.5) is 5.82 Å². The molecule has 1 amide bonds. The van der Waals surface area contributed by atoms with Gasteiger partial charge in [-0.1, -0.05) is 24.4 Å². The van der Waals surface area contributed by atoms with Crippen LogP contribution in [0, 0.1) is 23.2 Å². The fourth-order valence-electron chi connectivity index (χ4n) is 6.14. The summed E-state index contributed by atoms with van der Waals surface area (Å²) < 4.78 is 6.06. The monoisotopic (exact) mass is 550 g/mol. The minimum Gasteiger partial charge on any atom is -0.490 e. The fourth-order valence-corrected chi connectivity index (χ4v) is 6.36. The van der Waals surface area contributed by atoms with Crippen molar-refractivity contribution < 1.29 is 9.53 Å². The van der Waals surface area contributed by atoms with Crippen molar-refractivity contribution in [2.45, 2.75) is 76.4 Å². The zero-order chi connectivity index (χ0) is 27.0. The van der Waals surface area contributed by atoms with Crippen molar-refractivity contribution in [3.8, 4) is 11.8 Å². The molecule has 2 aliphatic heterocycles. The largest absolute Gasteiger partial charge is 0.490 e. The molecule has 5 rings (SSSR count). The van der Waals surface area contributed by atoms with E-state index in [-0.39, 0.29) is 18.1 Å². The maximum Gasteiger partial charge on any atom is 0.272 e. The molecule has 0 atom stereocenters. The van der Waals surface area contributed by atoms with Gasteiger partial charge in [-0.3, -0.25) is 4.79 Å². The Morgan fingerprint density at radius 3 is 2.36 bits per heavy atom. The molecule has 0 unspecified atom stereocenters. The van der Waals surface area contributed by atoms with E-state index in [1.165, 1.54) is 51.6 Å². The van der Waals surface area contributed by atoms with Gasteiger partial charge in [0.15, 0.2) is 11.5 Å². The highest BCUT2D eigenvalue weighted by Crippen LogP contribution is 2.29. The van der Waals surface area contributed by atoms with Crippen molar-refractivity contribution in [3.63, 3.8) is 0 Å². The maximum absolute atomic E-state index is 12.8. The van der Waals surface area contributed by atoms with Crippen LogP contribution in [0.5, 0.6) is 5.75 Å². The molecule has 1 saturated carbocycles. The second kappa shape index (κ2) is 13.5. The van der Waals surface area contributed by atoms with Gasteiger partial charge >= 0.3 is 0 Å². The van der Waals surface area contributed by atoms with Crippen molar-refractivity contribution in [2.24, 2.45) is 11.8 Å². The highest BCUT2D eigenvalue weighted by Gasteiger charge is 2.26. The molecule has 0 radical (unpaired) electrons. The first-order valence-corrected chi connectivity index (χ1v) is 14.9. The lowest BCUT2D eigenvalue weighted by Gasteiger charge is -2.33. The Morgan fingerprint density at radius 2 is 1.72 bits per heavy atom. The number of nitrogens with one attached hydrogen (secondary N) is 2. The van der Waals surface area contributed by atoms with Gasteiger partial charge in [0.2, 0.25) is 0 Å². The predicted octanol–water partition coefficient (Wildman–Crippen LogP) is 5.12. The van der Waals surface area contributed by atoms with E-state index < -0.39 is 0 Å². The summed E-state index contributed by atoms with van der Waals surface area (Å²) in [5.74, 6) is 3.09. The molecule has 3 heterocycles. The van der Waals surface area contributed by atoms with Crippen LogP contribution in [0.1, 0.15) is 80.3 Å². The van der Waals surface area contributed by atoms with Gasteiger partial charge in [0.05, 0.1) is 16.7 Å². The topological polar surface area (TPSA) is 103 Å². The van der Waals surface area contributed by atoms with Gasteiger partial charge in [-0.2, -0.15) is 5.26 Å². The molecule has 9 heteroatoms. The van der Waals surface area contributed by atoms with E-state index in [1.807, 2.05) is 6.07 Å². The number of piperidine rings is 2. The van der Waals surface area contributed by atoms with Gasteiger partial charge in [0, 0.05) is 25.2 Å². The number of benzene rings is 1. The van der Waals surface area contributed by atoms with E-state index in [1.54, 1.807) is 24.3 Å². The third kappa shape index (κ3) is 7.61. The Morgan fingerprint density at radius 1 is 1.00 bits per heavy atom. The van der Waals surface area contributed by atoms with Gasteiger partial charge in [-0.15, -0.1) is 10.2 Å². The molecule has 208 valence electrons. The fraction of sp³-hybridized carbons (Fsp3) is 0.600. The quantitative estimate of drug-likeness (QED) is 0.470. The molecule has 0 spiro atoms. The van der Waals surface area contributed by atoms with Crippen LogP contribution < -0.4 is 20.3 Å². The number of hydrogen-bond acceptors (Lipinski definition) is 7. The number of aromatic nitrogens is 2. The highest BCUT2D eigenvalue weighted by atomic mass is 35.5. The molecular weight excluding hydrogens is 512 g/mol. The van der Waals surface area contributed by atoms with Crippen LogP contribution in [0.15, 0.2) is 30.3 Å². The Kier molecular flexibility index (Phi) is 9.54. The van der Waals surface area contributed by atoms with Gasteiger partial charge in [-0.05, 0) is 101 Å². The summed E-state index contributed by atoms with van der Waals surface area (Å²) in [4.78, 5) is 15.1. The van der Waals surface area contributed by atoms with E-state index in [4.69, 9.17) is 21.6 Å². The summed E-state index contributed by atoms with van der Waals surface area (Å²) in [6, 6.07) is 11.0. The van der Waals surface area contributed by atoms with Gasteiger partial charge in [0.25, 0.3) is 5.91 Å². The second-order valence-corrected chi connectivity index (χ2v) is 11.7. The summed E-state index contributed by atoms with van der Waals surface area (Å²) in [5.41, 5.74) is 0.802. The summed E-state index contributed by atoms with van der Waals surface area (Å²) in [6.07, 6.45) is 11.2. The molecule has 3 aliphatic rings. The number of carbonyl (C=O) groups is 1. The number of nitriles is 1. The molecule has 1 aromatic heterocycles. The Hall–Kier alpha value is -2.89. The molecule has 1 aliphatic carbocycles. The number of halogens is 1. The third-order valence-corrected chi connectivity index (χ3v) is 8.95. The van der Waals surface area contributed by atoms with E-state index in [2.05, 4.69) is 31.8 Å². The number of anilines is 1. The van der Waals surface area contributed by atoms with Crippen LogP contribution in [0.3, 0.4) is 0 Å². The van der Waals surface area contributed by atoms with E-state index in [0.717, 1.165) is 56.4 Å². The highest BCUT2D eigenvalue weighted by molar-refractivity contribution is 6.31. The second-order valence-electron chi connectivity index (χ2n) is 11.3. The first-order chi connectivity index (χ1) is 19.1. The van der Waals surface area contributed by atoms with Crippen LogP contribution >= 0.6 is 11.6 Å². The lowest BCUT2D eigenvalue weighted by Crippen LogP contribution is -2.40. The van der Waals surface area contributed by atoms with Crippen molar-refractivity contribution in [1.82, 2.24) is 20.8 Å². The minimum absolute atomic E-state index is 0.0647. The Balaban J connectivity index is 1.02. The number of nitrogens with zero attached hydrogens (tertiary/aromatic N) is 4. The Labute approximate surface area is 236 Å². The summed E-state index contributed by atoms with van der Waals surface area (Å²) in [5, 5.41) is 24.7. The summed E-state index contributed by atoms with van der Waals surface area (Å²) in [6.45, 7) is 4.39. The molecule has 8 nitrogen and oxygen atoms in total. The standard InChI is InChI=1S/C30H39ClN6O2/c31-27-19-26(6-3-23(27)20-32)39-25-7-4-24(5-8-25)34-30(38)28-9-10-29(36-35-28)37-17-13-22(14-18-37)2-1-21-11-15-33-16-12-21/h3,6,9-10,19,21-22,24-25,33H,1-2,4-5,7-8,11-18H2,(H,34,38)/t24-,25-. The molecule has 2 N–H and O–H groups in total. The average Bonchev–Trinajstić information content (AvgIpc) is 2.98. The zero-order valence-corrected chi connectivity index (χ0v) is 23.3. The number of rotatable bonds is 8. The van der Waals surface area contributed by atoms with E-state index in [0.29, 0.717) is 22.0 Å². The lowest BCUT2D eigenvalue weighted by atomic mass is 9.85. The van der Waals surface area contributed by atoms with Gasteiger partial charge in [0.1, 0.15) is 11.8 Å². The first-order valence-electron chi connectivity index (χ1n) is 14.5. The minimum atomic E-state index is -0.172. The van der Waals surface area contributed by atoms with Crippen LogP contribution in [-0.2, 0) is 0 Å². The van der Waals surface area contributed by atoms with Crippen molar-refractivity contribution in [1.29, 1.82) is 5.26 Å². The molecule has 0 bridgehead atoms. The summed E-state index contributed by atoms with van der Waals surface area (Å²) in [7, 11) is 0. The molecule has 3 fully saturated rings. The van der Waals surface area contributed by atoms with Crippen LogP contribution in [-0.4, -0.2) is 54.4 Å². The van der Waals surface area contributed by atoms with E-state index >= 15 is 0 Å². The van der Waals surface area contributed by atoms with E-state index in [9.17, 15) is 4.79 Å². The van der Waals surface area contributed by atoms with Crippen LogP contribution in [0.25, 0.3) is 0 Å². The number of hydrogen-bond donors (Lipinski definition) is 2. The maximum atomic E-state index is 12.8.